The molecule has 0 aliphatic rings. The van der Waals surface area contributed by atoms with Gasteiger partial charge in [0, 0.05) is 6.07 Å². The van der Waals surface area contributed by atoms with E-state index in [4.69, 9.17) is 11.0 Å². The highest BCUT2D eigenvalue weighted by atomic mass is 79.9. The Bertz CT molecular complexity index is 345. The monoisotopic (exact) mass is 242 g/mol. The molecule has 5 heteroatoms. The lowest BCUT2D eigenvalue weighted by molar-refractivity contribution is -0.685. The van der Waals surface area contributed by atoms with Gasteiger partial charge in [-0.25, -0.2) is 0 Å². The van der Waals surface area contributed by atoms with E-state index in [0.717, 1.165) is 0 Å². The maximum Gasteiger partial charge on any atom is 0.254 e. The second-order valence-electron chi connectivity index (χ2n) is 2.29. The molecule has 1 aromatic rings. The van der Waals surface area contributed by atoms with Crippen molar-refractivity contribution in [3.05, 3.63) is 30.1 Å². The van der Waals surface area contributed by atoms with Crippen LogP contribution in [0.3, 0.4) is 0 Å². The molecule has 1 rings (SSSR count). The zero-order chi connectivity index (χ0) is 8.97. The van der Waals surface area contributed by atoms with E-state index in [-0.39, 0.29) is 23.5 Å². The van der Waals surface area contributed by atoms with Crippen molar-refractivity contribution < 1.29 is 26.3 Å². The van der Waals surface area contributed by atoms with Crippen molar-refractivity contribution in [1.82, 2.24) is 0 Å². The van der Waals surface area contributed by atoms with Gasteiger partial charge in [-0.05, 0) is 6.07 Å². The minimum Gasteiger partial charge on any atom is -1.00 e. The highest BCUT2D eigenvalue weighted by Crippen LogP contribution is 1.91. The molecule has 0 aliphatic carbocycles. The summed E-state index contributed by atoms with van der Waals surface area (Å²) in [7, 11) is 0. The van der Waals surface area contributed by atoms with Crippen LogP contribution in [0.1, 0.15) is 10.4 Å². The quantitative estimate of drug-likeness (QED) is 0.550. The van der Waals surface area contributed by atoms with Crippen molar-refractivity contribution >= 4 is 5.91 Å². The van der Waals surface area contributed by atoms with Gasteiger partial charge in [-0.3, -0.25) is 4.79 Å². The minimum atomic E-state index is -0.484. The summed E-state index contributed by atoms with van der Waals surface area (Å²) in [6, 6.07) is 5.25. The number of rotatable bonds is 2. The fraction of sp³-hybridized carbons (Fsp3) is 0.125. The summed E-state index contributed by atoms with van der Waals surface area (Å²) in [4.78, 5) is 10.7. The van der Waals surface area contributed by atoms with Gasteiger partial charge in [-0.2, -0.15) is 9.83 Å². The summed E-state index contributed by atoms with van der Waals surface area (Å²) in [5.41, 5.74) is 5.45. The van der Waals surface area contributed by atoms with Gasteiger partial charge in [-0.1, -0.05) is 0 Å². The number of hydrogen-bond acceptors (Lipinski definition) is 2. The predicted octanol–water partition coefficient (Wildman–Crippen LogP) is -3.40. The molecular weight excluding hydrogens is 235 g/mol. The Kier molecular flexibility index (Phi) is 4.70. The van der Waals surface area contributed by atoms with E-state index in [9.17, 15) is 4.79 Å². The molecule has 4 nitrogen and oxygen atoms in total. The van der Waals surface area contributed by atoms with Crippen LogP contribution in [0.5, 0.6) is 0 Å². The van der Waals surface area contributed by atoms with E-state index in [1.807, 2.05) is 6.07 Å². The molecule has 0 unspecified atom stereocenters. The first-order chi connectivity index (χ1) is 5.74. The third kappa shape index (κ3) is 3.22. The molecule has 0 saturated heterocycles. The number of carbonyl (C=O) groups excluding carboxylic acids is 1. The molecule has 2 N–H and O–H groups in total. The first kappa shape index (κ1) is 11.6. The Hall–Kier alpha value is -1.41. The van der Waals surface area contributed by atoms with Gasteiger partial charge < -0.3 is 22.7 Å². The topological polar surface area (TPSA) is 70.8 Å². The molecule has 0 atom stereocenters. The zero-order valence-electron chi connectivity index (χ0n) is 6.77. The van der Waals surface area contributed by atoms with Gasteiger partial charge in [0.05, 0.1) is 0 Å². The molecule has 68 valence electrons. The van der Waals surface area contributed by atoms with Crippen LogP contribution in [-0.4, -0.2) is 5.91 Å². The van der Waals surface area contributed by atoms with Crippen LogP contribution in [0, 0.1) is 11.3 Å². The molecule has 0 fully saturated rings. The number of carbonyl (C=O) groups is 1. The highest BCUT2D eigenvalue weighted by Gasteiger charge is 2.05. The van der Waals surface area contributed by atoms with E-state index in [1.165, 1.54) is 0 Å². The van der Waals surface area contributed by atoms with Gasteiger partial charge in [-0.15, -0.1) is 0 Å². The molecule has 0 bridgehead atoms. The number of nitrogens with zero attached hydrogens (tertiary/aromatic N) is 2. The van der Waals surface area contributed by atoms with Gasteiger partial charge in [0.15, 0.2) is 12.4 Å². The molecule has 0 radical (unpaired) electrons. The van der Waals surface area contributed by atoms with Crippen molar-refractivity contribution in [3.63, 3.8) is 0 Å². The standard InChI is InChI=1S/C8H7N3O.BrH/c9-3-5-11-4-1-2-7(6-11)8(10)12;/h1-2,4,6H,5H2,(H-,10,12);1H/i11+1;. The zero-order valence-corrected chi connectivity index (χ0v) is 8.36. The molecule has 13 heavy (non-hydrogen) atoms. The number of amides is 1. The molecule has 0 spiro atoms. The largest absolute Gasteiger partial charge is 1.00 e. The number of primary amides is 1. The van der Waals surface area contributed by atoms with E-state index < -0.39 is 5.91 Å². The Balaban J connectivity index is 0.00000144. The first-order valence-electron chi connectivity index (χ1n) is 3.40. The Labute approximate surface area is 86.4 Å². The van der Waals surface area contributed by atoms with E-state index in [1.54, 1.807) is 29.1 Å². The fourth-order valence-electron chi connectivity index (χ4n) is 0.848. The minimum absolute atomic E-state index is 0. The molecule has 0 saturated carbocycles. The lowest BCUT2D eigenvalue weighted by Crippen LogP contribution is -3.00. The average molecular weight is 243 g/mol. The van der Waals surface area contributed by atoms with Crippen molar-refractivity contribution in [2.45, 2.75) is 6.54 Å². The summed E-state index contributed by atoms with van der Waals surface area (Å²) >= 11 is 0. The Morgan fingerprint density at radius 3 is 2.92 bits per heavy atom. The van der Waals surface area contributed by atoms with Gasteiger partial charge >= 0.3 is 0 Å². The number of nitriles is 1. The smallest absolute Gasteiger partial charge is 0.254 e. The third-order valence-electron chi connectivity index (χ3n) is 1.40. The maximum atomic E-state index is 10.7. The summed E-state index contributed by atoms with van der Waals surface area (Å²) < 4.78 is 1.60. The number of hydrogen-bond donors (Lipinski definition) is 1. The van der Waals surface area contributed by atoms with Crippen LogP contribution >= 0.6 is 0 Å². The lowest BCUT2D eigenvalue weighted by atomic mass is 10.3. The average Bonchev–Trinajstić information content (AvgIpc) is 2.05. The summed E-state index contributed by atoms with van der Waals surface area (Å²) in [6.45, 7) is 0.223. The number of pyridine rings is 1. The molecule has 1 aromatic heterocycles. The van der Waals surface area contributed by atoms with Crippen molar-refractivity contribution in [3.8, 4) is 6.07 Å². The first-order valence-corrected chi connectivity index (χ1v) is 3.40. The summed E-state index contributed by atoms with van der Waals surface area (Å²) in [5, 5.41) is 8.36. The van der Waals surface area contributed by atoms with Crippen LogP contribution in [0.2, 0.25) is 0 Å². The summed E-state index contributed by atoms with van der Waals surface area (Å²) in [6.07, 6.45) is 3.25. The second kappa shape index (κ2) is 5.27. The SMILES string of the molecule is N#CC[15n+]1cccc(C(N)=O)c1.[Br-]. The highest BCUT2D eigenvalue weighted by molar-refractivity contribution is 5.92. The normalized spacial score (nSPS) is 8.23. The third-order valence-corrected chi connectivity index (χ3v) is 1.40. The number of nitrogens with two attached hydrogens (primary N) is 1. The molecule has 1 heterocycles. The van der Waals surface area contributed by atoms with E-state index in [0.29, 0.717) is 5.56 Å². The fourth-order valence-corrected chi connectivity index (χ4v) is 0.848. The lowest BCUT2D eigenvalue weighted by Gasteiger charge is -1.92. The predicted molar refractivity (Wildman–Crippen MR) is 40.8 cm³/mol. The molecule has 0 aliphatic heterocycles. The Morgan fingerprint density at radius 2 is 2.38 bits per heavy atom. The van der Waals surface area contributed by atoms with Crippen molar-refractivity contribution in [2.75, 3.05) is 0 Å². The van der Waals surface area contributed by atoms with E-state index in [2.05, 4.69) is 0 Å². The van der Waals surface area contributed by atoms with Gasteiger partial charge in [0.1, 0.15) is 11.6 Å². The van der Waals surface area contributed by atoms with Gasteiger partial charge in [0.2, 0.25) is 6.54 Å². The van der Waals surface area contributed by atoms with Crippen LogP contribution in [0.15, 0.2) is 24.5 Å². The van der Waals surface area contributed by atoms with Crippen LogP contribution in [0.4, 0.5) is 0 Å². The van der Waals surface area contributed by atoms with Crippen LogP contribution in [0.25, 0.3) is 0 Å². The summed E-state index contributed by atoms with van der Waals surface area (Å²) in [5.74, 6) is -0.484. The molecular formula is C8H8BrN3O. The number of halogens is 1. The van der Waals surface area contributed by atoms with Gasteiger partial charge in [0.25, 0.3) is 5.91 Å². The van der Waals surface area contributed by atoms with Crippen LogP contribution in [-0.2, 0) is 6.54 Å². The Morgan fingerprint density at radius 1 is 1.69 bits per heavy atom. The molecule has 1 amide bonds. The van der Waals surface area contributed by atoms with Crippen molar-refractivity contribution in [1.29, 1.82) is 5.26 Å². The second-order valence-corrected chi connectivity index (χ2v) is 2.29. The maximum absolute atomic E-state index is 10.7. The van der Waals surface area contributed by atoms with Crippen LogP contribution < -0.4 is 27.3 Å². The van der Waals surface area contributed by atoms with Crippen molar-refractivity contribution in [2.24, 2.45) is 5.73 Å². The molecule has 0 aromatic carbocycles. The number of aromatic nitrogens is 1. The van der Waals surface area contributed by atoms with E-state index >= 15 is 0 Å².